The van der Waals surface area contributed by atoms with Crippen LogP contribution in [0.4, 0.5) is 11.4 Å². The summed E-state index contributed by atoms with van der Waals surface area (Å²) in [5.41, 5.74) is 2.02. The number of rotatable bonds is 4. The van der Waals surface area contributed by atoms with E-state index < -0.39 is 0 Å². The van der Waals surface area contributed by atoms with Gasteiger partial charge in [-0.1, -0.05) is 0 Å². The van der Waals surface area contributed by atoms with Gasteiger partial charge in [-0.25, -0.2) is 0 Å². The molecule has 92 valence electrons. The summed E-state index contributed by atoms with van der Waals surface area (Å²) < 4.78 is 0. The molecule has 1 aromatic rings. The van der Waals surface area contributed by atoms with Crippen molar-refractivity contribution in [3.8, 4) is 0 Å². The first-order chi connectivity index (χ1) is 8.22. The Kier molecular flexibility index (Phi) is 3.64. The van der Waals surface area contributed by atoms with Crippen LogP contribution in [-0.2, 0) is 4.79 Å². The molecule has 1 heterocycles. The summed E-state index contributed by atoms with van der Waals surface area (Å²) in [4.78, 5) is 15.4. The lowest BCUT2D eigenvalue weighted by molar-refractivity contribution is -0.117. The Balaban J connectivity index is 2.10. The molecule has 0 saturated carbocycles. The highest BCUT2D eigenvalue weighted by Crippen LogP contribution is 2.23. The van der Waals surface area contributed by atoms with Crippen molar-refractivity contribution in [1.82, 2.24) is 0 Å². The van der Waals surface area contributed by atoms with Crippen LogP contribution >= 0.6 is 0 Å². The summed E-state index contributed by atoms with van der Waals surface area (Å²) in [6, 6.07) is 7.89. The predicted octanol–water partition coefficient (Wildman–Crippen LogP) is 1.24. The standard InChI is InChI=1S/C13H18N2O2/c1-14(9-10-16)11-4-6-12(7-5-11)15-8-2-3-13(15)17/h4-7,16H,2-3,8-10H2,1H3. The molecule has 0 radical (unpaired) electrons. The molecule has 1 aromatic carbocycles. The van der Waals surface area contributed by atoms with Crippen LogP contribution in [0, 0.1) is 0 Å². The van der Waals surface area contributed by atoms with Crippen molar-refractivity contribution in [2.24, 2.45) is 0 Å². The highest BCUT2D eigenvalue weighted by molar-refractivity contribution is 5.95. The minimum absolute atomic E-state index is 0.142. The Bertz CT molecular complexity index is 389. The number of likely N-dealkylation sites (N-methyl/N-ethyl adjacent to an activating group) is 1. The van der Waals surface area contributed by atoms with Crippen LogP contribution in [0.2, 0.25) is 0 Å². The lowest BCUT2D eigenvalue weighted by Crippen LogP contribution is -2.24. The van der Waals surface area contributed by atoms with Crippen molar-refractivity contribution in [3.05, 3.63) is 24.3 Å². The second kappa shape index (κ2) is 5.19. The van der Waals surface area contributed by atoms with Crippen molar-refractivity contribution < 1.29 is 9.90 Å². The Morgan fingerprint density at radius 3 is 2.59 bits per heavy atom. The number of carbonyl (C=O) groups is 1. The van der Waals surface area contributed by atoms with E-state index in [0.717, 1.165) is 24.3 Å². The summed E-state index contributed by atoms with van der Waals surface area (Å²) in [5, 5.41) is 8.87. The zero-order valence-corrected chi connectivity index (χ0v) is 10.1. The van der Waals surface area contributed by atoms with Gasteiger partial charge in [-0.15, -0.1) is 0 Å². The van der Waals surface area contributed by atoms with Gasteiger partial charge in [0, 0.05) is 37.9 Å². The highest BCUT2D eigenvalue weighted by atomic mass is 16.3. The van der Waals surface area contributed by atoms with E-state index in [1.165, 1.54) is 0 Å². The third-order valence-electron chi connectivity index (χ3n) is 3.11. The molecule has 0 unspecified atom stereocenters. The van der Waals surface area contributed by atoms with Crippen LogP contribution in [0.5, 0.6) is 0 Å². The Labute approximate surface area is 101 Å². The van der Waals surface area contributed by atoms with Crippen LogP contribution in [0.25, 0.3) is 0 Å². The van der Waals surface area contributed by atoms with E-state index in [0.29, 0.717) is 13.0 Å². The zero-order chi connectivity index (χ0) is 12.3. The molecule has 17 heavy (non-hydrogen) atoms. The summed E-state index contributed by atoms with van der Waals surface area (Å²) >= 11 is 0. The first kappa shape index (κ1) is 11.9. The van der Waals surface area contributed by atoms with Gasteiger partial charge >= 0.3 is 0 Å². The van der Waals surface area contributed by atoms with E-state index in [4.69, 9.17) is 5.11 Å². The van der Waals surface area contributed by atoms with E-state index >= 15 is 0 Å². The van der Waals surface area contributed by atoms with Gasteiger partial charge in [0.2, 0.25) is 5.91 Å². The maximum atomic E-state index is 11.6. The van der Waals surface area contributed by atoms with E-state index in [1.54, 1.807) is 0 Å². The molecule has 0 bridgehead atoms. The number of amides is 1. The average Bonchev–Trinajstić information content (AvgIpc) is 2.76. The molecule has 0 spiro atoms. The quantitative estimate of drug-likeness (QED) is 0.852. The number of benzene rings is 1. The minimum atomic E-state index is 0.142. The Morgan fingerprint density at radius 2 is 2.06 bits per heavy atom. The molecule has 1 N–H and O–H groups in total. The molecule has 2 rings (SSSR count). The summed E-state index contributed by atoms with van der Waals surface area (Å²) in [6.07, 6.45) is 1.61. The first-order valence-corrected chi connectivity index (χ1v) is 5.95. The molecule has 1 saturated heterocycles. The van der Waals surface area contributed by atoms with E-state index in [9.17, 15) is 4.79 Å². The van der Waals surface area contributed by atoms with Crippen molar-refractivity contribution in [3.63, 3.8) is 0 Å². The predicted molar refractivity (Wildman–Crippen MR) is 68.4 cm³/mol. The van der Waals surface area contributed by atoms with Gasteiger partial charge in [-0.3, -0.25) is 4.79 Å². The molecule has 4 nitrogen and oxygen atoms in total. The number of hydrogen-bond acceptors (Lipinski definition) is 3. The SMILES string of the molecule is CN(CCO)c1ccc(N2CCCC2=O)cc1. The highest BCUT2D eigenvalue weighted by Gasteiger charge is 2.21. The molecule has 4 heteroatoms. The maximum Gasteiger partial charge on any atom is 0.227 e. The summed E-state index contributed by atoms with van der Waals surface area (Å²) in [6.45, 7) is 1.58. The van der Waals surface area contributed by atoms with Gasteiger partial charge in [-0.05, 0) is 30.7 Å². The smallest absolute Gasteiger partial charge is 0.227 e. The number of aliphatic hydroxyl groups excluding tert-OH is 1. The zero-order valence-electron chi connectivity index (χ0n) is 10.1. The fourth-order valence-corrected chi connectivity index (χ4v) is 2.09. The summed E-state index contributed by atoms with van der Waals surface area (Å²) in [7, 11) is 1.94. The number of nitrogens with zero attached hydrogens (tertiary/aromatic N) is 2. The van der Waals surface area contributed by atoms with Crippen molar-refractivity contribution in [2.75, 3.05) is 36.5 Å². The molecular weight excluding hydrogens is 216 g/mol. The topological polar surface area (TPSA) is 43.8 Å². The molecule has 0 atom stereocenters. The number of aliphatic hydroxyl groups is 1. The minimum Gasteiger partial charge on any atom is -0.395 e. The van der Waals surface area contributed by atoms with Crippen molar-refractivity contribution in [2.45, 2.75) is 12.8 Å². The van der Waals surface area contributed by atoms with Gasteiger partial charge in [0.05, 0.1) is 6.61 Å². The average molecular weight is 234 g/mol. The van der Waals surface area contributed by atoms with Crippen molar-refractivity contribution >= 4 is 17.3 Å². The normalized spacial score (nSPS) is 15.4. The van der Waals surface area contributed by atoms with E-state index in [2.05, 4.69) is 0 Å². The van der Waals surface area contributed by atoms with Gasteiger partial charge in [-0.2, -0.15) is 0 Å². The van der Waals surface area contributed by atoms with Gasteiger partial charge < -0.3 is 14.9 Å². The second-order valence-corrected chi connectivity index (χ2v) is 4.31. The van der Waals surface area contributed by atoms with E-state index in [1.807, 2.05) is 41.1 Å². The van der Waals surface area contributed by atoms with Crippen LogP contribution in [0.3, 0.4) is 0 Å². The van der Waals surface area contributed by atoms with Crippen LogP contribution in [-0.4, -0.2) is 37.8 Å². The molecule has 1 aliphatic heterocycles. The largest absolute Gasteiger partial charge is 0.395 e. The fourth-order valence-electron chi connectivity index (χ4n) is 2.09. The number of carbonyl (C=O) groups excluding carboxylic acids is 1. The number of anilines is 2. The Hall–Kier alpha value is -1.55. The molecule has 0 aromatic heterocycles. The third kappa shape index (κ3) is 2.58. The fraction of sp³-hybridized carbons (Fsp3) is 0.462. The van der Waals surface area contributed by atoms with Gasteiger partial charge in [0.25, 0.3) is 0 Å². The maximum absolute atomic E-state index is 11.6. The van der Waals surface area contributed by atoms with Crippen LogP contribution in [0.1, 0.15) is 12.8 Å². The second-order valence-electron chi connectivity index (χ2n) is 4.31. The molecule has 1 aliphatic rings. The Morgan fingerprint density at radius 1 is 1.35 bits per heavy atom. The van der Waals surface area contributed by atoms with Crippen LogP contribution in [0.15, 0.2) is 24.3 Å². The molecule has 1 amide bonds. The van der Waals surface area contributed by atoms with Crippen molar-refractivity contribution in [1.29, 1.82) is 0 Å². The lowest BCUT2D eigenvalue weighted by Gasteiger charge is -2.20. The third-order valence-corrected chi connectivity index (χ3v) is 3.11. The van der Waals surface area contributed by atoms with Gasteiger partial charge in [0.15, 0.2) is 0 Å². The molecule has 1 fully saturated rings. The van der Waals surface area contributed by atoms with E-state index in [-0.39, 0.29) is 12.5 Å². The van der Waals surface area contributed by atoms with Gasteiger partial charge in [0.1, 0.15) is 0 Å². The summed E-state index contributed by atoms with van der Waals surface area (Å²) in [5.74, 6) is 0.210. The molecule has 0 aliphatic carbocycles. The molecular formula is C13H18N2O2. The monoisotopic (exact) mass is 234 g/mol. The van der Waals surface area contributed by atoms with Crippen LogP contribution < -0.4 is 9.80 Å². The lowest BCUT2D eigenvalue weighted by atomic mass is 10.2. The first-order valence-electron chi connectivity index (χ1n) is 5.95. The number of hydrogen-bond donors (Lipinski definition) is 1.